The summed E-state index contributed by atoms with van der Waals surface area (Å²) in [5.41, 5.74) is 0.941. The lowest BCUT2D eigenvalue weighted by molar-refractivity contribution is -0.122. The lowest BCUT2D eigenvalue weighted by atomic mass is 9.96. The van der Waals surface area contributed by atoms with Gasteiger partial charge in [0.05, 0.1) is 17.0 Å². The number of benzene rings is 1. The van der Waals surface area contributed by atoms with Gasteiger partial charge in [0, 0.05) is 24.3 Å². The fourth-order valence-corrected chi connectivity index (χ4v) is 5.41. The molecule has 1 aromatic carbocycles. The number of halogens is 1. The normalized spacial score (nSPS) is 17.5. The number of hydrogen-bond donors (Lipinski definition) is 2. The Kier molecular flexibility index (Phi) is 7.35. The molecule has 2 aliphatic rings. The number of thiophene rings is 1. The highest BCUT2D eigenvalue weighted by molar-refractivity contribution is 9.11. The molecule has 2 N–H and O–H groups in total. The Hall–Kier alpha value is -2.43. The van der Waals surface area contributed by atoms with Crippen molar-refractivity contribution in [2.45, 2.75) is 38.1 Å². The second-order valence-corrected chi connectivity index (χ2v) is 10.7. The van der Waals surface area contributed by atoms with Gasteiger partial charge in [-0.25, -0.2) is 4.79 Å². The number of nitrogens with one attached hydrogen (secondary N) is 2. The summed E-state index contributed by atoms with van der Waals surface area (Å²) in [4.78, 5) is 40.3. The van der Waals surface area contributed by atoms with Crippen molar-refractivity contribution in [3.05, 3.63) is 45.2 Å². The van der Waals surface area contributed by atoms with Crippen molar-refractivity contribution < 1.29 is 23.9 Å². The molecule has 176 valence electrons. The Labute approximate surface area is 204 Å². The van der Waals surface area contributed by atoms with E-state index in [1.807, 2.05) is 6.92 Å². The second kappa shape index (κ2) is 10.2. The molecule has 33 heavy (non-hydrogen) atoms. The van der Waals surface area contributed by atoms with Crippen LogP contribution in [0.5, 0.6) is 5.06 Å². The van der Waals surface area contributed by atoms with Crippen molar-refractivity contribution >= 4 is 50.9 Å². The lowest BCUT2D eigenvalue weighted by Crippen LogP contribution is -2.55. The maximum atomic E-state index is 13.2. The van der Waals surface area contributed by atoms with Gasteiger partial charge in [0.2, 0.25) is 5.91 Å². The van der Waals surface area contributed by atoms with Gasteiger partial charge in [0.15, 0.2) is 5.06 Å². The molecule has 10 heteroatoms. The van der Waals surface area contributed by atoms with Gasteiger partial charge in [0.1, 0.15) is 5.54 Å². The number of carbonyl (C=O) groups excluding carboxylic acids is 3. The molecule has 1 saturated carbocycles. The molecule has 0 radical (unpaired) electrons. The van der Waals surface area contributed by atoms with Crippen LogP contribution in [0, 0.1) is 6.92 Å². The van der Waals surface area contributed by atoms with Crippen molar-refractivity contribution in [2.75, 3.05) is 31.6 Å². The van der Waals surface area contributed by atoms with E-state index in [0.717, 1.165) is 22.2 Å². The molecule has 0 unspecified atom stereocenters. The Morgan fingerprint density at radius 1 is 1.12 bits per heavy atom. The molecule has 4 rings (SSSR count). The van der Waals surface area contributed by atoms with Crippen molar-refractivity contribution in [3.63, 3.8) is 0 Å². The predicted molar refractivity (Wildman–Crippen MR) is 129 cm³/mol. The van der Waals surface area contributed by atoms with Crippen LogP contribution in [0.4, 0.5) is 10.5 Å². The molecule has 8 nitrogen and oxygen atoms in total. The fourth-order valence-electron chi connectivity index (χ4n) is 4.22. The average molecular weight is 536 g/mol. The number of hydrogen-bond acceptors (Lipinski definition) is 6. The Morgan fingerprint density at radius 2 is 1.85 bits per heavy atom. The number of carbonyl (C=O) groups is 3. The molecule has 2 heterocycles. The lowest BCUT2D eigenvalue weighted by Gasteiger charge is -2.29. The molecule has 0 bridgehead atoms. The number of morpholine rings is 1. The van der Waals surface area contributed by atoms with Crippen molar-refractivity contribution in [1.82, 2.24) is 10.2 Å². The van der Waals surface area contributed by atoms with Gasteiger partial charge in [-0.3, -0.25) is 9.59 Å². The summed E-state index contributed by atoms with van der Waals surface area (Å²) >= 11 is 4.63. The zero-order valence-electron chi connectivity index (χ0n) is 18.3. The van der Waals surface area contributed by atoms with Crippen LogP contribution in [0.1, 0.15) is 41.6 Å². The van der Waals surface area contributed by atoms with Gasteiger partial charge in [-0.05, 0) is 71.6 Å². The minimum Gasteiger partial charge on any atom is -0.399 e. The van der Waals surface area contributed by atoms with Crippen LogP contribution in [0.15, 0.2) is 34.1 Å². The van der Waals surface area contributed by atoms with Crippen LogP contribution < -0.4 is 15.4 Å². The van der Waals surface area contributed by atoms with E-state index in [1.54, 1.807) is 35.2 Å². The third kappa shape index (κ3) is 5.56. The minimum absolute atomic E-state index is 0.0365. The summed E-state index contributed by atoms with van der Waals surface area (Å²) in [7, 11) is 0. The van der Waals surface area contributed by atoms with Gasteiger partial charge >= 0.3 is 6.09 Å². The first-order valence-corrected chi connectivity index (χ1v) is 12.5. The first-order valence-electron chi connectivity index (χ1n) is 10.9. The van der Waals surface area contributed by atoms with Crippen LogP contribution >= 0.6 is 27.3 Å². The zero-order valence-corrected chi connectivity index (χ0v) is 20.7. The van der Waals surface area contributed by atoms with Crippen LogP contribution in [0.3, 0.4) is 0 Å². The number of rotatable bonds is 5. The van der Waals surface area contributed by atoms with E-state index in [-0.39, 0.29) is 11.8 Å². The Morgan fingerprint density at radius 3 is 2.48 bits per heavy atom. The van der Waals surface area contributed by atoms with E-state index in [9.17, 15) is 14.4 Å². The molecule has 1 aromatic heterocycles. The van der Waals surface area contributed by atoms with Crippen molar-refractivity contribution in [2.24, 2.45) is 0 Å². The molecule has 0 spiro atoms. The van der Waals surface area contributed by atoms with Crippen LogP contribution in [-0.2, 0) is 9.53 Å². The number of aryl methyl sites for hydroxylation is 1. The highest BCUT2D eigenvalue weighted by Crippen LogP contribution is 2.33. The largest absolute Gasteiger partial charge is 0.414 e. The number of nitrogens with zero attached hydrogens (tertiary/aromatic N) is 1. The van der Waals surface area contributed by atoms with E-state index in [4.69, 9.17) is 9.47 Å². The van der Waals surface area contributed by atoms with E-state index in [2.05, 4.69) is 26.6 Å². The molecule has 1 saturated heterocycles. The summed E-state index contributed by atoms with van der Waals surface area (Å²) in [5, 5.41) is 6.18. The molecule has 2 fully saturated rings. The van der Waals surface area contributed by atoms with E-state index < -0.39 is 11.6 Å². The number of anilines is 1. The van der Waals surface area contributed by atoms with Gasteiger partial charge in [-0.1, -0.05) is 24.2 Å². The Balaban J connectivity index is 1.43. The van der Waals surface area contributed by atoms with Crippen LogP contribution in [0.25, 0.3) is 0 Å². The Bertz CT molecular complexity index is 1040. The minimum atomic E-state index is -1.03. The monoisotopic (exact) mass is 535 g/mol. The molecule has 2 aromatic rings. The van der Waals surface area contributed by atoms with E-state index >= 15 is 0 Å². The maximum absolute atomic E-state index is 13.2. The van der Waals surface area contributed by atoms with Gasteiger partial charge in [0.25, 0.3) is 5.91 Å². The van der Waals surface area contributed by atoms with Crippen molar-refractivity contribution in [1.29, 1.82) is 0 Å². The standard InChI is InChI=1S/C23H26BrN3O5S/c1-15-14-16(4-5-17(15)20(28)27-10-12-31-13-11-27)25-21(29)23(8-2-3-9-23)26-22(30)32-19-7-6-18(24)33-19/h4-7,14H,2-3,8-13H2,1H3,(H,25,29)(H,26,30). The first kappa shape index (κ1) is 23.7. The highest BCUT2D eigenvalue weighted by atomic mass is 79.9. The third-order valence-corrected chi connectivity index (χ3v) is 7.49. The summed E-state index contributed by atoms with van der Waals surface area (Å²) < 4.78 is 11.5. The molecule has 3 amide bonds. The fraction of sp³-hybridized carbons (Fsp3) is 0.435. The zero-order chi connectivity index (χ0) is 23.4. The average Bonchev–Trinajstić information content (AvgIpc) is 3.43. The maximum Gasteiger partial charge on any atom is 0.414 e. The molecule has 0 atom stereocenters. The van der Waals surface area contributed by atoms with E-state index in [1.165, 1.54) is 11.3 Å². The number of amides is 3. The number of ether oxygens (including phenoxy) is 2. The SMILES string of the molecule is Cc1cc(NC(=O)C2(NC(=O)Oc3ccc(Br)s3)CCCC2)ccc1C(=O)N1CCOCC1. The van der Waals surface area contributed by atoms with Gasteiger partial charge in [-0.15, -0.1) is 0 Å². The van der Waals surface area contributed by atoms with Crippen LogP contribution in [0.2, 0.25) is 0 Å². The summed E-state index contributed by atoms with van der Waals surface area (Å²) in [5.74, 6) is -0.318. The first-order chi connectivity index (χ1) is 15.9. The van der Waals surface area contributed by atoms with Gasteiger partial charge in [-0.2, -0.15) is 0 Å². The van der Waals surface area contributed by atoms with E-state index in [0.29, 0.717) is 55.5 Å². The summed E-state index contributed by atoms with van der Waals surface area (Å²) in [6, 6.07) is 8.73. The third-order valence-electron chi connectivity index (χ3n) is 5.99. The quantitative estimate of drug-likeness (QED) is 0.593. The highest BCUT2D eigenvalue weighted by Gasteiger charge is 2.43. The topological polar surface area (TPSA) is 97.0 Å². The second-order valence-electron chi connectivity index (χ2n) is 8.25. The van der Waals surface area contributed by atoms with Crippen molar-refractivity contribution in [3.8, 4) is 5.06 Å². The molecule has 1 aliphatic heterocycles. The summed E-state index contributed by atoms with van der Waals surface area (Å²) in [6.07, 6.45) is 2.10. The smallest absolute Gasteiger partial charge is 0.399 e. The molecular formula is C23H26BrN3O5S. The molecular weight excluding hydrogens is 510 g/mol. The molecule has 1 aliphatic carbocycles. The van der Waals surface area contributed by atoms with Gasteiger partial charge < -0.3 is 25.0 Å². The predicted octanol–water partition coefficient (Wildman–Crippen LogP) is 4.33. The van der Waals surface area contributed by atoms with Crippen LogP contribution in [-0.4, -0.2) is 54.6 Å². The summed E-state index contributed by atoms with van der Waals surface area (Å²) in [6.45, 7) is 4.08.